The zero-order valence-electron chi connectivity index (χ0n) is 15.2. The third kappa shape index (κ3) is 4.03. The van der Waals surface area contributed by atoms with E-state index in [9.17, 15) is 9.59 Å². The third-order valence-electron chi connectivity index (χ3n) is 4.90. The molecule has 1 amide bonds. The fourth-order valence-electron chi connectivity index (χ4n) is 3.47. The van der Waals surface area contributed by atoms with E-state index in [1.165, 1.54) is 21.8 Å². The Morgan fingerprint density at radius 1 is 1.15 bits per heavy atom. The average Bonchev–Trinajstić information content (AvgIpc) is 3.09. The molecule has 3 aromatic rings. The van der Waals surface area contributed by atoms with Crippen molar-refractivity contribution < 1.29 is 14.3 Å². The lowest BCUT2D eigenvalue weighted by Gasteiger charge is -2.16. The lowest BCUT2D eigenvalue weighted by molar-refractivity contribution is -0.119. The Morgan fingerprint density at radius 2 is 1.96 bits per heavy atom. The summed E-state index contributed by atoms with van der Waals surface area (Å²) < 4.78 is 5.21. The fraction of sp³-hybridized carbons (Fsp3) is 0.273. The number of anilines is 1. The van der Waals surface area contributed by atoms with Gasteiger partial charge in [-0.15, -0.1) is 11.3 Å². The van der Waals surface area contributed by atoms with E-state index in [-0.39, 0.29) is 12.5 Å². The number of ether oxygens (including phenoxy) is 1. The molecule has 1 aliphatic carbocycles. The monoisotopic (exact) mass is 379 g/mol. The fourth-order valence-corrected chi connectivity index (χ4v) is 4.57. The van der Waals surface area contributed by atoms with Crippen LogP contribution in [0.25, 0.3) is 10.8 Å². The van der Waals surface area contributed by atoms with Gasteiger partial charge >= 0.3 is 5.97 Å². The molecule has 0 radical (unpaired) electrons. The summed E-state index contributed by atoms with van der Waals surface area (Å²) in [6, 6.07) is 15.6. The number of nitrogens with one attached hydrogen (secondary N) is 1. The molecule has 4 rings (SSSR count). The number of esters is 1. The van der Waals surface area contributed by atoms with Gasteiger partial charge in [-0.1, -0.05) is 37.3 Å². The zero-order valence-corrected chi connectivity index (χ0v) is 16.0. The van der Waals surface area contributed by atoms with Crippen LogP contribution < -0.4 is 5.32 Å². The smallest absolute Gasteiger partial charge is 0.348 e. The van der Waals surface area contributed by atoms with Crippen molar-refractivity contribution in [2.24, 2.45) is 5.92 Å². The molecule has 1 atom stereocenters. The second-order valence-electron chi connectivity index (χ2n) is 7.09. The standard InChI is InChI=1S/C22H21NO3S/c1-14-6-9-19-17(10-14)12-20(27-19)22(25)26-13-21(24)23-18-8-7-15-4-2-3-5-16(15)11-18/h2-5,7-8,11-12,14H,6,9-10,13H2,1H3,(H,23,24)/t14-/m0/s1. The van der Waals surface area contributed by atoms with E-state index in [1.807, 2.05) is 48.5 Å². The van der Waals surface area contributed by atoms with Crippen LogP contribution in [0.4, 0.5) is 5.69 Å². The Hall–Kier alpha value is -2.66. The van der Waals surface area contributed by atoms with Crippen LogP contribution in [0, 0.1) is 5.92 Å². The Kier molecular flexibility index (Phi) is 4.94. The van der Waals surface area contributed by atoms with Gasteiger partial charge in [0.1, 0.15) is 4.88 Å². The summed E-state index contributed by atoms with van der Waals surface area (Å²) in [6.45, 7) is 1.94. The van der Waals surface area contributed by atoms with Crippen molar-refractivity contribution in [3.63, 3.8) is 0 Å². The van der Waals surface area contributed by atoms with Gasteiger partial charge in [0.2, 0.25) is 0 Å². The van der Waals surface area contributed by atoms with Gasteiger partial charge in [-0.2, -0.15) is 0 Å². The van der Waals surface area contributed by atoms with Crippen LogP contribution in [0.5, 0.6) is 0 Å². The maximum Gasteiger partial charge on any atom is 0.348 e. The molecule has 1 aromatic heterocycles. The molecule has 0 aliphatic heterocycles. The molecule has 27 heavy (non-hydrogen) atoms. The van der Waals surface area contributed by atoms with Crippen LogP contribution in [0.2, 0.25) is 0 Å². The molecule has 0 spiro atoms. The van der Waals surface area contributed by atoms with Crippen molar-refractivity contribution in [3.05, 3.63) is 63.8 Å². The molecule has 1 heterocycles. The minimum absolute atomic E-state index is 0.287. The number of rotatable bonds is 4. The van der Waals surface area contributed by atoms with Gasteiger partial charge in [-0.05, 0) is 59.7 Å². The van der Waals surface area contributed by atoms with Crippen LogP contribution in [-0.4, -0.2) is 18.5 Å². The zero-order chi connectivity index (χ0) is 18.8. The summed E-state index contributed by atoms with van der Waals surface area (Å²) in [4.78, 5) is 26.3. The van der Waals surface area contributed by atoms with Crippen molar-refractivity contribution in [1.29, 1.82) is 0 Å². The number of benzene rings is 2. The van der Waals surface area contributed by atoms with Crippen LogP contribution in [0.3, 0.4) is 0 Å². The summed E-state index contributed by atoms with van der Waals surface area (Å²) in [7, 11) is 0. The molecule has 4 nitrogen and oxygen atoms in total. The van der Waals surface area contributed by atoms with Crippen LogP contribution in [0.15, 0.2) is 48.5 Å². The number of hydrogen-bond donors (Lipinski definition) is 1. The number of amides is 1. The molecule has 5 heteroatoms. The van der Waals surface area contributed by atoms with Gasteiger partial charge in [0, 0.05) is 10.6 Å². The first-order chi connectivity index (χ1) is 13.1. The molecule has 0 unspecified atom stereocenters. The number of aryl methyl sites for hydroxylation is 1. The van der Waals surface area contributed by atoms with Gasteiger partial charge in [0.25, 0.3) is 5.91 Å². The van der Waals surface area contributed by atoms with E-state index in [1.54, 1.807) is 0 Å². The summed E-state index contributed by atoms with van der Waals surface area (Å²) in [6.07, 6.45) is 3.20. The number of thiophene rings is 1. The summed E-state index contributed by atoms with van der Waals surface area (Å²) >= 11 is 1.50. The van der Waals surface area contributed by atoms with E-state index in [0.717, 1.165) is 30.0 Å². The average molecular weight is 379 g/mol. The maximum atomic E-state index is 12.3. The van der Waals surface area contributed by atoms with Gasteiger partial charge < -0.3 is 10.1 Å². The molecule has 0 saturated heterocycles. The Morgan fingerprint density at radius 3 is 2.81 bits per heavy atom. The molecule has 0 fully saturated rings. The molecule has 0 saturated carbocycles. The predicted octanol–water partition coefficient (Wildman–Crippen LogP) is 4.82. The van der Waals surface area contributed by atoms with E-state index in [0.29, 0.717) is 16.5 Å². The summed E-state index contributed by atoms with van der Waals surface area (Å²) in [5.74, 6) is -0.104. The number of hydrogen-bond acceptors (Lipinski definition) is 4. The predicted molar refractivity (Wildman–Crippen MR) is 108 cm³/mol. The Labute approximate surface area is 162 Å². The molecule has 138 valence electrons. The number of carbonyl (C=O) groups excluding carboxylic acids is 2. The van der Waals surface area contributed by atoms with Crippen molar-refractivity contribution in [3.8, 4) is 0 Å². The normalized spacial score (nSPS) is 16.0. The minimum atomic E-state index is -0.421. The molecular weight excluding hydrogens is 358 g/mol. The van der Waals surface area contributed by atoms with E-state index in [2.05, 4.69) is 12.2 Å². The largest absolute Gasteiger partial charge is 0.451 e. The number of fused-ring (bicyclic) bond motifs is 2. The summed E-state index contributed by atoms with van der Waals surface area (Å²) in [5.41, 5.74) is 1.95. The Balaban J connectivity index is 1.35. The molecule has 2 aromatic carbocycles. The van der Waals surface area contributed by atoms with Crippen molar-refractivity contribution in [2.75, 3.05) is 11.9 Å². The molecule has 1 aliphatic rings. The maximum absolute atomic E-state index is 12.3. The second-order valence-corrected chi connectivity index (χ2v) is 8.23. The molecule has 1 N–H and O–H groups in total. The van der Waals surface area contributed by atoms with Gasteiger partial charge in [-0.3, -0.25) is 4.79 Å². The lowest BCUT2D eigenvalue weighted by Crippen LogP contribution is -2.20. The van der Waals surface area contributed by atoms with E-state index in [4.69, 9.17) is 4.74 Å². The van der Waals surface area contributed by atoms with E-state index >= 15 is 0 Å². The van der Waals surface area contributed by atoms with Crippen molar-refractivity contribution >= 4 is 39.7 Å². The highest BCUT2D eigenvalue weighted by Crippen LogP contribution is 2.32. The van der Waals surface area contributed by atoms with Crippen molar-refractivity contribution in [1.82, 2.24) is 0 Å². The van der Waals surface area contributed by atoms with E-state index < -0.39 is 5.97 Å². The topological polar surface area (TPSA) is 55.4 Å². The second kappa shape index (κ2) is 7.53. The first kappa shape index (κ1) is 17.7. The number of carbonyl (C=O) groups is 2. The Bertz CT molecular complexity index is 1010. The van der Waals surface area contributed by atoms with Crippen molar-refractivity contribution in [2.45, 2.75) is 26.2 Å². The van der Waals surface area contributed by atoms with Gasteiger partial charge in [0.15, 0.2) is 6.61 Å². The highest BCUT2D eigenvalue weighted by Gasteiger charge is 2.21. The SMILES string of the molecule is C[C@H]1CCc2sc(C(=O)OCC(=O)Nc3ccc4ccccc4c3)cc2C1. The van der Waals surface area contributed by atoms with Crippen LogP contribution in [-0.2, 0) is 22.4 Å². The summed E-state index contributed by atoms with van der Waals surface area (Å²) in [5, 5.41) is 4.94. The third-order valence-corrected chi connectivity index (χ3v) is 6.12. The lowest BCUT2D eigenvalue weighted by atomic mass is 9.90. The highest BCUT2D eigenvalue weighted by molar-refractivity contribution is 7.14. The minimum Gasteiger partial charge on any atom is -0.451 e. The first-order valence-electron chi connectivity index (χ1n) is 9.16. The van der Waals surface area contributed by atoms with Crippen LogP contribution in [0.1, 0.15) is 33.5 Å². The molecular formula is C22H21NO3S. The van der Waals surface area contributed by atoms with Gasteiger partial charge in [0.05, 0.1) is 0 Å². The quantitative estimate of drug-likeness (QED) is 0.661. The van der Waals surface area contributed by atoms with Crippen LogP contribution >= 0.6 is 11.3 Å². The molecule has 0 bridgehead atoms. The first-order valence-corrected chi connectivity index (χ1v) is 9.97. The van der Waals surface area contributed by atoms with Gasteiger partial charge in [-0.25, -0.2) is 4.79 Å². The highest BCUT2D eigenvalue weighted by atomic mass is 32.1.